The second-order valence-electron chi connectivity index (χ2n) is 3.83. The third-order valence-electron chi connectivity index (χ3n) is 2.05. The summed E-state index contributed by atoms with van der Waals surface area (Å²) in [7, 11) is 1.49. The van der Waals surface area contributed by atoms with Crippen molar-refractivity contribution in [3.8, 4) is 17.2 Å². The van der Waals surface area contributed by atoms with Crippen LogP contribution in [0.5, 0.6) is 17.2 Å². The number of hydrogen-bond donors (Lipinski definition) is 1. The van der Waals surface area contributed by atoms with Gasteiger partial charge in [0.1, 0.15) is 0 Å². The number of amides is 1. The highest BCUT2D eigenvalue weighted by Crippen LogP contribution is 2.45. The lowest BCUT2D eigenvalue weighted by molar-refractivity contribution is -0.0438. The topological polar surface area (TPSA) is 56.8 Å². The molecule has 5 nitrogen and oxygen atoms in total. The molecular formula is C11H14ClNO4. The van der Waals surface area contributed by atoms with Gasteiger partial charge in [0.2, 0.25) is 11.5 Å². The van der Waals surface area contributed by atoms with Gasteiger partial charge in [0.15, 0.2) is 11.5 Å². The Labute approximate surface area is 105 Å². The number of nitrogens with one attached hydrogen (secondary N) is 1. The van der Waals surface area contributed by atoms with E-state index in [1.54, 1.807) is 32.0 Å². The summed E-state index contributed by atoms with van der Waals surface area (Å²) in [5.41, 5.74) is 0. The maximum atomic E-state index is 11.1. The monoisotopic (exact) mass is 259 g/mol. The van der Waals surface area contributed by atoms with Crippen molar-refractivity contribution in [2.24, 2.45) is 0 Å². The number of benzene rings is 1. The lowest BCUT2D eigenvalue weighted by Crippen LogP contribution is -2.30. The molecule has 1 amide bonds. The van der Waals surface area contributed by atoms with E-state index in [0.29, 0.717) is 17.2 Å². The van der Waals surface area contributed by atoms with Crippen LogP contribution in [0.15, 0.2) is 18.2 Å². The van der Waals surface area contributed by atoms with Crippen LogP contribution in [0, 0.1) is 0 Å². The Morgan fingerprint density at radius 1 is 1.35 bits per heavy atom. The molecule has 0 aromatic heterocycles. The van der Waals surface area contributed by atoms with Crippen LogP contribution in [-0.2, 0) is 0 Å². The van der Waals surface area contributed by atoms with Crippen LogP contribution < -0.4 is 19.5 Å². The van der Waals surface area contributed by atoms with Crippen LogP contribution in [0.3, 0.4) is 0 Å². The lowest BCUT2D eigenvalue weighted by atomic mass is 10.3. The number of hydrogen-bond acceptors (Lipinski definition) is 4. The number of halogens is 1. The van der Waals surface area contributed by atoms with Crippen LogP contribution in [0.25, 0.3) is 0 Å². The van der Waals surface area contributed by atoms with Gasteiger partial charge >= 0.3 is 6.09 Å². The number of fused-ring (bicyclic) bond motifs is 1. The summed E-state index contributed by atoms with van der Waals surface area (Å²) in [6.45, 7) is 3.58. The zero-order valence-corrected chi connectivity index (χ0v) is 10.6. The predicted molar refractivity (Wildman–Crippen MR) is 64.1 cm³/mol. The Balaban J connectivity index is 0.00000144. The quantitative estimate of drug-likeness (QED) is 0.841. The summed E-state index contributed by atoms with van der Waals surface area (Å²) < 4.78 is 16.1. The Kier molecular flexibility index (Phi) is 3.72. The summed E-state index contributed by atoms with van der Waals surface area (Å²) >= 11 is 0. The highest BCUT2D eigenvalue weighted by atomic mass is 35.5. The molecule has 1 aromatic carbocycles. The first kappa shape index (κ1) is 13.4. The molecule has 17 heavy (non-hydrogen) atoms. The van der Waals surface area contributed by atoms with Gasteiger partial charge in [-0.25, -0.2) is 4.79 Å². The summed E-state index contributed by atoms with van der Waals surface area (Å²) in [5.74, 6) is 0.648. The van der Waals surface area contributed by atoms with Gasteiger partial charge in [-0.1, -0.05) is 6.07 Å². The van der Waals surface area contributed by atoms with E-state index in [1.807, 2.05) is 0 Å². The molecule has 0 radical (unpaired) electrons. The van der Waals surface area contributed by atoms with Gasteiger partial charge < -0.3 is 19.5 Å². The van der Waals surface area contributed by atoms with E-state index >= 15 is 0 Å². The molecule has 0 fully saturated rings. The van der Waals surface area contributed by atoms with E-state index in [-0.39, 0.29) is 12.4 Å². The molecule has 1 heterocycles. The van der Waals surface area contributed by atoms with Gasteiger partial charge in [0.05, 0.1) is 0 Å². The van der Waals surface area contributed by atoms with Gasteiger partial charge in [0, 0.05) is 20.9 Å². The molecule has 0 saturated carbocycles. The van der Waals surface area contributed by atoms with Crippen molar-refractivity contribution in [1.29, 1.82) is 0 Å². The molecule has 1 aliphatic rings. The second kappa shape index (κ2) is 4.71. The first-order valence-corrected chi connectivity index (χ1v) is 4.92. The molecule has 0 saturated heterocycles. The Hall–Kier alpha value is -1.62. The molecule has 0 spiro atoms. The molecule has 0 aliphatic carbocycles. The fraction of sp³-hybridized carbons (Fsp3) is 0.364. The van der Waals surface area contributed by atoms with Gasteiger partial charge in [-0.3, -0.25) is 0 Å². The van der Waals surface area contributed by atoms with E-state index in [0.717, 1.165) is 0 Å². The van der Waals surface area contributed by atoms with Crippen LogP contribution in [0.1, 0.15) is 13.8 Å². The van der Waals surface area contributed by atoms with E-state index in [1.165, 1.54) is 7.05 Å². The third kappa shape index (κ3) is 2.74. The number of para-hydroxylation sites is 1. The molecular weight excluding hydrogens is 246 g/mol. The number of carbonyl (C=O) groups is 1. The first-order valence-electron chi connectivity index (χ1n) is 4.92. The number of rotatable bonds is 1. The average Bonchev–Trinajstić information content (AvgIpc) is 2.53. The lowest BCUT2D eigenvalue weighted by Gasteiger charge is -2.16. The summed E-state index contributed by atoms with van der Waals surface area (Å²) in [5, 5.41) is 2.37. The fourth-order valence-corrected chi connectivity index (χ4v) is 1.44. The summed E-state index contributed by atoms with van der Waals surface area (Å²) in [4.78, 5) is 11.1. The maximum absolute atomic E-state index is 11.1. The molecule has 6 heteroatoms. The SMILES string of the molecule is CNC(=O)Oc1cccc2c1OC(C)(C)O2.Cl. The highest BCUT2D eigenvalue weighted by Gasteiger charge is 2.34. The van der Waals surface area contributed by atoms with E-state index in [4.69, 9.17) is 14.2 Å². The van der Waals surface area contributed by atoms with Crippen molar-refractivity contribution in [3.05, 3.63) is 18.2 Å². The van der Waals surface area contributed by atoms with Crippen molar-refractivity contribution < 1.29 is 19.0 Å². The van der Waals surface area contributed by atoms with Gasteiger partial charge in [-0.05, 0) is 12.1 Å². The van der Waals surface area contributed by atoms with Crippen molar-refractivity contribution in [3.63, 3.8) is 0 Å². The van der Waals surface area contributed by atoms with Crippen LogP contribution in [-0.4, -0.2) is 18.9 Å². The zero-order chi connectivity index (χ0) is 11.8. The van der Waals surface area contributed by atoms with E-state index in [9.17, 15) is 4.79 Å². The largest absolute Gasteiger partial charge is 0.449 e. The predicted octanol–water partition coefficient (Wildman–Crippen LogP) is 2.33. The van der Waals surface area contributed by atoms with Gasteiger partial charge in [-0.2, -0.15) is 0 Å². The van der Waals surface area contributed by atoms with Gasteiger partial charge in [0.25, 0.3) is 0 Å². The minimum atomic E-state index is -0.732. The normalized spacial score (nSPS) is 14.8. The number of ether oxygens (including phenoxy) is 3. The van der Waals surface area contributed by atoms with Crippen LogP contribution in [0.4, 0.5) is 4.79 Å². The first-order chi connectivity index (χ1) is 7.52. The third-order valence-corrected chi connectivity index (χ3v) is 2.05. The van der Waals surface area contributed by atoms with Crippen LogP contribution in [0.2, 0.25) is 0 Å². The molecule has 2 rings (SSSR count). The molecule has 0 bridgehead atoms. The number of carbonyl (C=O) groups excluding carboxylic acids is 1. The van der Waals surface area contributed by atoms with Crippen molar-refractivity contribution >= 4 is 18.5 Å². The standard InChI is InChI=1S/C11H13NO4.ClH/c1-11(2)15-8-6-4-5-7(9(8)16-11)14-10(13)12-3;/h4-6H,1-3H3,(H,12,13);1H. The van der Waals surface area contributed by atoms with Crippen molar-refractivity contribution in [2.45, 2.75) is 19.6 Å². The zero-order valence-electron chi connectivity index (χ0n) is 9.77. The fourth-order valence-electron chi connectivity index (χ4n) is 1.44. The molecule has 1 N–H and O–H groups in total. The molecule has 0 unspecified atom stereocenters. The van der Waals surface area contributed by atoms with E-state index < -0.39 is 11.9 Å². The Morgan fingerprint density at radius 3 is 2.71 bits per heavy atom. The molecule has 1 aromatic rings. The second-order valence-corrected chi connectivity index (χ2v) is 3.83. The molecule has 1 aliphatic heterocycles. The Morgan fingerprint density at radius 2 is 2.06 bits per heavy atom. The highest BCUT2D eigenvalue weighted by molar-refractivity contribution is 5.85. The smallest absolute Gasteiger partial charge is 0.412 e. The van der Waals surface area contributed by atoms with Gasteiger partial charge in [-0.15, -0.1) is 12.4 Å². The van der Waals surface area contributed by atoms with E-state index in [2.05, 4.69) is 5.32 Å². The minimum absolute atomic E-state index is 0. The molecule has 0 atom stereocenters. The molecule has 94 valence electrons. The summed E-state index contributed by atoms with van der Waals surface area (Å²) in [6, 6.07) is 5.15. The average molecular weight is 260 g/mol. The van der Waals surface area contributed by atoms with Crippen molar-refractivity contribution in [1.82, 2.24) is 5.32 Å². The Bertz CT molecular complexity index is 433. The van der Waals surface area contributed by atoms with Crippen molar-refractivity contribution in [2.75, 3.05) is 7.05 Å². The van der Waals surface area contributed by atoms with Crippen LogP contribution >= 0.6 is 12.4 Å². The maximum Gasteiger partial charge on any atom is 0.412 e. The summed E-state index contributed by atoms with van der Waals surface area (Å²) in [6.07, 6.45) is -0.540. The minimum Gasteiger partial charge on any atom is -0.449 e.